The monoisotopic (exact) mass is 143 g/mol. The van der Waals surface area contributed by atoms with Gasteiger partial charge in [-0.15, -0.1) is 0 Å². The summed E-state index contributed by atoms with van der Waals surface area (Å²) in [5.41, 5.74) is 6.92. The van der Waals surface area contributed by atoms with Gasteiger partial charge in [-0.25, -0.2) is 4.39 Å². The van der Waals surface area contributed by atoms with Gasteiger partial charge in [0.1, 0.15) is 6.67 Å². The molecular weight excluding hydrogens is 133 g/mol. The second kappa shape index (κ2) is 2.68. The van der Waals surface area contributed by atoms with E-state index in [1.807, 2.05) is 6.92 Å². The van der Waals surface area contributed by atoms with Gasteiger partial charge in [-0.2, -0.15) is 5.10 Å². The minimum Gasteiger partial charge on any atom is -0.396 e. The maximum atomic E-state index is 11.8. The molecule has 0 aliphatic rings. The number of hydrogen-bond donors (Lipinski definition) is 1. The van der Waals surface area contributed by atoms with Gasteiger partial charge in [0.15, 0.2) is 0 Å². The first-order chi connectivity index (χ1) is 4.75. The molecule has 1 rings (SSSR count). The van der Waals surface area contributed by atoms with E-state index in [-0.39, 0.29) is 0 Å². The van der Waals surface area contributed by atoms with Gasteiger partial charge in [0.25, 0.3) is 0 Å². The number of aryl methyl sites for hydroxylation is 1. The molecule has 4 heteroatoms. The lowest BCUT2D eigenvalue weighted by Gasteiger charge is -1.98. The molecule has 0 aromatic carbocycles. The van der Waals surface area contributed by atoms with E-state index in [4.69, 9.17) is 5.73 Å². The van der Waals surface area contributed by atoms with Gasteiger partial charge in [0.05, 0.1) is 24.1 Å². The molecule has 1 aromatic rings. The summed E-state index contributed by atoms with van der Waals surface area (Å²) in [5, 5.41) is 3.86. The van der Waals surface area contributed by atoms with Gasteiger partial charge >= 0.3 is 0 Å². The van der Waals surface area contributed by atoms with E-state index >= 15 is 0 Å². The fourth-order valence-electron chi connectivity index (χ4n) is 0.766. The molecule has 0 spiro atoms. The Hall–Kier alpha value is -1.06. The number of alkyl halides is 1. The normalized spacial score (nSPS) is 10.2. The number of hydrogen-bond acceptors (Lipinski definition) is 2. The van der Waals surface area contributed by atoms with Gasteiger partial charge in [-0.05, 0) is 6.92 Å². The SMILES string of the molecule is Cc1c(N)cnn1CCF. The van der Waals surface area contributed by atoms with Crippen LogP contribution in [0, 0.1) is 6.92 Å². The summed E-state index contributed by atoms with van der Waals surface area (Å²) in [4.78, 5) is 0. The van der Waals surface area contributed by atoms with Gasteiger partial charge in [-0.1, -0.05) is 0 Å². The summed E-state index contributed by atoms with van der Waals surface area (Å²) in [6.07, 6.45) is 1.53. The van der Waals surface area contributed by atoms with E-state index in [1.54, 1.807) is 4.68 Å². The number of rotatable bonds is 2. The topological polar surface area (TPSA) is 43.8 Å². The molecule has 0 atom stereocenters. The lowest BCUT2D eigenvalue weighted by Crippen LogP contribution is -2.03. The highest BCUT2D eigenvalue weighted by Gasteiger charge is 2.00. The first-order valence-corrected chi connectivity index (χ1v) is 3.09. The van der Waals surface area contributed by atoms with Crippen LogP contribution in [-0.2, 0) is 6.54 Å². The van der Waals surface area contributed by atoms with Crippen LogP contribution >= 0.6 is 0 Å². The summed E-state index contributed by atoms with van der Waals surface area (Å²) in [7, 11) is 0. The molecule has 3 nitrogen and oxygen atoms in total. The molecule has 0 unspecified atom stereocenters. The van der Waals surface area contributed by atoms with Crippen molar-refractivity contribution in [2.45, 2.75) is 13.5 Å². The number of nitrogens with two attached hydrogens (primary N) is 1. The van der Waals surface area contributed by atoms with Crippen LogP contribution in [-0.4, -0.2) is 16.5 Å². The van der Waals surface area contributed by atoms with E-state index in [1.165, 1.54) is 6.20 Å². The highest BCUT2D eigenvalue weighted by atomic mass is 19.1. The first kappa shape index (κ1) is 7.05. The van der Waals surface area contributed by atoms with Crippen LogP contribution in [0.1, 0.15) is 5.69 Å². The van der Waals surface area contributed by atoms with Crippen molar-refractivity contribution in [2.24, 2.45) is 0 Å². The lowest BCUT2D eigenvalue weighted by molar-refractivity contribution is 0.423. The van der Waals surface area contributed by atoms with Crippen molar-refractivity contribution in [1.29, 1.82) is 0 Å². The number of aromatic nitrogens is 2. The first-order valence-electron chi connectivity index (χ1n) is 3.09. The molecular formula is C6H10FN3. The molecule has 0 aliphatic heterocycles. The van der Waals surface area contributed by atoms with E-state index in [0.717, 1.165) is 5.69 Å². The van der Waals surface area contributed by atoms with Crippen LogP contribution in [0.2, 0.25) is 0 Å². The smallest absolute Gasteiger partial charge is 0.109 e. The third-order valence-electron chi connectivity index (χ3n) is 1.44. The molecule has 2 N–H and O–H groups in total. The Morgan fingerprint density at radius 2 is 2.50 bits per heavy atom. The Morgan fingerprint density at radius 1 is 1.80 bits per heavy atom. The highest BCUT2D eigenvalue weighted by molar-refractivity contribution is 5.39. The molecule has 1 heterocycles. The van der Waals surface area contributed by atoms with Crippen LogP contribution in [0.3, 0.4) is 0 Å². The van der Waals surface area contributed by atoms with Crippen molar-refractivity contribution in [1.82, 2.24) is 9.78 Å². The Bertz CT molecular complexity index is 219. The van der Waals surface area contributed by atoms with Crippen LogP contribution in [0.4, 0.5) is 10.1 Å². The molecule has 56 valence electrons. The number of halogens is 1. The van der Waals surface area contributed by atoms with E-state index in [0.29, 0.717) is 12.2 Å². The lowest BCUT2D eigenvalue weighted by atomic mass is 10.4. The molecule has 1 aromatic heterocycles. The maximum Gasteiger partial charge on any atom is 0.109 e. The fraction of sp³-hybridized carbons (Fsp3) is 0.500. The molecule has 0 amide bonds. The Labute approximate surface area is 58.6 Å². The second-order valence-electron chi connectivity index (χ2n) is 2.10. The minimum atomic E-state index is -0.401. The van der Waals surface area contributed by atoms with Gasteiger partial charge in [-0.3, -0.25) is 4.68 Å². The summed E-state index contributed by atoms with van der Waals surface area (Å²) in [6, 6.07) is 0. The predicted molar refractivity (Wildman–Crippen MR) is 37.4 cm³/mol. The van der Waals surface area contributed by atoms with E-state index in [9.17, 15) is 4.39 Å². The van der Waals surface area contributed by atoms with Crippen LogP contribution in [0.25, 0.3) is 0 Å². The van der Waals surface area contributed by atoms with Crippen molar-refractivity contribution in [2.75, 3.05) is 12.4 Å². The van der Waals surface area contributed by atoms with Crippen molar-refractivity contribution in [3.8, 4) is 0 Å². The Kier molecular flexibility index (Phi) is 1.89. The molecule has 0 fully saturated rings. The number of anilines is 1. The predicted octanol–water partition coefficient (Wildman–Crippen LogP) is 0.743. The fourth-order valence-corrected chi connectivity index (χ4v) is 0.766. The largest absolute Gasteiger partial charge is 0.396 e. The quantitative estimate of drug-likeness (QED) is 0.663. The zero-order valence-electron chi connectivity index (χ0n) is 5.84. The van der Waals surface area contributed by atoms with Crippen molar-refractivity contribution in [3.63, 3.8) is 0 Å². The zero-order valence-corrected chi connectivity index (χ0v) is 5.84. The molecule has 0 saturated carbocycles. The van der Waals surface area contributed by atoms with E-state index < -0.39 is 6.67 Å². The number of nitrogen functional groups attached to an aromatic ring is 1. The van der Waals surface area contributed by atoms with Gasteiger partial charge in [0, 0.05) is 0 Å². The van der Waals surface area contributed by atoms with Gasteiger partial charge < -0.3 is 5.73 Å². The second-order valence-corrected chi connectivity index (χ2v) is 2.10. The third kappa shape index (κ3) is 1.10. The van der Waals surface area contributed by atoms with Crippen molar-refractivity contribution >= 4 is 5.69 Å². The Morgan fingerprint density at radius 3 is 2.90 bits per heavy atom. The standard InChI is InChI=1S/C6H10FN3/c1-5-6(8)4-9-10(5)3-2-7/h4H,2-3,8H2,1H3. The number of nitrogens with zero attached hydrogens (tertiary/aromatic N) is 2. The average molecular weight is 143 g/mol. The van der Waals surface area contributed by atoms with Crippen molar-refractivity contribution < 1.29 is 4.39 Å². The van der Waals surface area contributed by atoms with Crippen LogP contribution in [0.15, 0.2) is 6.20 Å². The van der Waals surface area contributed by atoms with Gasteiger partial charge in [0.2, 0.25) is 0 Å². The van der Waals surface area contributed by atoms with Crippen LogP contribution < -0.4 is 5.73 Å². The third-order valence-corrected chi connectivity index (χ3v) is 1.44. The van der Waals surface area contributed by atoms with E-state index in [2.05, 4.69) is 5.10 Å². The molecule has 0 aliphatic carbocycles. The van der Waals surface area contributed by atoms with Crippen molar-refractivity contribution in [3.05, 3.63) is 11.9 Å². The zero-order chi connectivity index (χ0) is 7.56. The summed E-state index contributed by atoms with van der Waals surface area (Å²) in [5.74, 6) is 0. The maximum absolute atomic E-state index is 11.8. The molecule has 0 bridgehead atoms. The average Bonchev–Trinajstić information content (AvgIpc) is 2.20. The molecule has 10 heavy (non-hydrogen) atoms. The summed E-state index contributed by atoms with van der Waals surface area (Å²) < 4.78 is 13.3. The summed E-state index contributed by atoms with van der Waals surface area (Å²) >= 11 is 0. The Balaban J connectivity index is 2.83. The molecule has 0 radical (unpaired) electrons. The summed E-state index contributed by atoms with van der Waals surface area (Å²) in [6.45, 7) is 1.71. The highest BCUT2D eigenvalue weighted by Crippen LogP contribution is 2.07. The van der Waals surface area contributed by atoms with Crippen LogP contribution in [0.5, 0.6) is 0 Å². The molecule has 0 saturated heterocycles. The minimum absolute atomic E-state index is 0.295.